The number of nitrogens with zero attached hydrogens (tertiary/aromatic N) is 1. The highest BCUT2D eigenvalue weighted by Crippen LogP contribution is 2.35. The lowest BCUT2D eigenvalue weighted by molar-refractivity contribution is 0.0985. The molecule has 0 spiro atoms. The maximum Gasteiger partial charge on any atom is 0.410 e. The molecule has 1 amide bonds. The minimum Gasteiger partial charge on any atom is -0.457 e. The van der Waals surface area contributed by atoms with Crippen LogP contribution in [-0.2, 0) is 11.3 Å². The number of para-hydroxylation sites is 1. The minimum atomic E-state index is -0.230. The Kier molecular flexibility index (Phi) is 6.93. The molecule has 0 aromatic heterocycles. The first-order valence-electron chi connectivity index (χ1n) is 10.2. The summed E-state index contributed by atoms with van der Waals surface area (Å²) in [5, 5.41) is 0.364. The van der Waals surface area contributed by atoms with E-state index in [2.05, 4.69) is 12.1 Å². The van der Waals surface area contributed by atoms with Crippen molar-refractivity contribution in [3.05, 3.63) is 96.1 Å². The monoisotopic (exact) mass is 419 g/mol. The van der Waals surface area contributed by atoms with Gasteiger partial charge in [-0.25, -0.2) is 4.79 Å². The van der Waals surface area contributed by atoms with Crippen LogP contribution >= 0.6 is 11.8 Å². The van der Waals surface area contributed by atoms with Crippen molar-refractivity contribution >= 4 is 17.9 Å². The molecular formula is C25H25NO3S. The van der Waals surface area contributed by atoms with E-state index in [1.54, 1.807) is 0 Å². The van der Waals surface area contributed by atoms with Crippen molar-refractivity contribution in [1.29, 1.82) is 0 Å². The fraction of sp³-hybridized carbons (Fsp3) is 0.240. The van der Waals surface area contributed by atoms with Crippen molar-refractivity contribution in [2.75, 3.05) is 18.8 Å². The SMILES string of the molecule is O=C(OCc1ccccc1)N1CCSC(c2ccc(Oc3ccccc3)cc2)CC1. The smallest absolute Gasteiger partial charge is 0.410 e. The van der Waals surface area contributed by atoms with Gasteiger partial charge < -0.3 is 14.4 Å². The molecule has 1 heterocycles. The van der Waals surface area contributed by atoms with E-state index in [1.807, 2.05) is 89.5 Å². The summed E-state index contributed by atoms with van der Waals surface area (Å²) in [5.74, 6) is 2.56. The molecule has 1 fully saturated rings. The van der Waals surface area contributed by atoms with Crippen molar-refractivity contribution in [1.82, 2.24) is 4.90 Å². The molecule has 0 N–H and O–H groups in total. The molecule has 1 unspecified atom stereocenters. The predicted octanol–water partition coefficient (Wildman–Crippen LogP) is 6.30. The minimum absolute atomic E-state index is 0.230. The topological polar surface area (TPSA) is 38.8 Å². The molecule has 3 aromatic carbocycles. The number of hydrogen-bond donors (Lipinski definition) is 0. The molecule has 5 heteroatoms. The Morgan fingerprint density at radius 3 is 2.27 bits per heavy atom. The number of hydrogen-bond acceptors (Lipinski definition) is 4. The number of benzene rings is 3. The molecule has 0 radical (unpaired) electrons. The lowest BCUT2D eigenvalue weighted by Gasteiger charge is -2.20. The van der Waals surface area contributed by atoms with Gasteiger partial charge in [0.05, 0.1) is 0 Å². The van der Waals surface area contributed by atoms with Gasteiger partial charge in [0.1, 0.15) is 18.1 Å². The maximum absolute atomic E-state index is 12.5. The fourth-order valence-electron chi connectivity index (χ4n) is 3.40. The van der Waals surface area contributed by atoms with Crippen LogP contribution in [0.2, 0.25) is 0 Å². The molecule has 1 aliphatic heterocycles. The molecule has 0 aliphatic carbocycles. The van der Waals surface area contributed by atoms with Crippen LogP contribution in [0.1, 0.15) is 22.8 Å². The number of ether oxygens (including phenoxy) is 2. The van der Waals surface area contributed by atoms with Gasteiger partial charge in [-0.1, -0.05) is 60.7 Å². The molecule has 30 heavy (non-hydrogen) atoms. The van der Waals surface area contributed by atoms with E-state index in [-0.39, 0.29) is 6.09 Å². The molecular weight excluding hydrogens is 394 g/mol. The first kappa shape index (κ1) is 20.4. The van der Waals surface area contributed by atoms with Gasteiger partial charge in [0.15, 0.2) is 0 Å². The first-order chi connectivity index (χ1) is 14.8. The van der Waals surface area contributed by atoms with Crippen molar-refractivity contribution < 1.29 is 14.3 Å². The third kappa shape index (κ3) is 5.57. The van der Waals surface area contributed by atoms with E-state index in [1.165, 1.54) is 5.56 Å². The van der Waals surface area contributed by atoms with Crippen LogP contribution in [-0.4, -0.2) is 29.8 Å². The van der Waals surface area contributed by atoms with Crippen LogP contribution in [0.4, 0.5) is 4.79 Å². The lowest BCUT2D eigenvalue weighted by Crippen LogP contribution is -2.33. The van der Waals surface area contributed by atoms with E-state index >= 15 is 0 Å². The molecule has 1 atom stereocenters. The molecule has 0 saturated carbocycles. The third-order valence-corrected chi connectivity index (χ3v) is 6.36. The third-order valence-electron chi connectivity index (χ3n) is 5.04. The van der Waals surface area contributed by atoms with E-state index in [4.69, 9.17) is 9.47 Å². The average molecular weight is 420 g/mol. The Morgan fingerprint density at radius 1 is 0.867 bits per heavy atom. The fourth-order valence-corrected chi connectivity index (χ4v) is 4.64. The molecule has 1 aliphatic rings. The summed E-state index contributed by atoms with van der Waals surface area (Å²) in [4.78, 5) is 14.3. The first-order valence-corrected chi connectivity index (χ1v) is 11.2. The quantitative estimate of drug-likeness (QED) is 0.487. The molecule has 0 bridgehead atoms. The second-order valence-corrected chi connectivity index (χ2v) is 8.47. The van der Waals surface area contributed by atoms with Gasteiger partial charge in [-0.05, 0) is 41.8 Å². The van der Waals surface area contributed by atoms with Crippen molar-refractivity contribution in [2.24, 2.45) is 0 Å². The molecule has 3 aromatic rings. The standard InChI is InChI=1S/C25H25NO3S/c27-25(28-19-20-7-3-1-4-8-20)26-16-15-24(30-18-17-26)21-11-13-23(14-12-21)29-22-9-5-2-6-10-22/h1-14,24H,15-19H2. The summed E-state index contributed by atoms with van der Waals surface area (Å²) in [5.41, 5.74) is 2.27. The Labute approximate surface area is 181 Å². The Morgan fingerprint density at radius 2 is 1.53 bits per heavy atom. The van der Waals surface area contributed by atoms with E-state index in [9.17, 15) is 4.79 Å². The molecule has 1 saturated heterocycles. The summed E-state index contributed by atoms with van der Waals surface area (Å²) in [6, 6.07) is 27.8. The zero-order valence-electron chi connectivity index (χ0n) is 16.8. The molecule has 4 rings (SSSR count). The summed E-state index contributed by atoms with van der Waals surface area (Å²) in [6.07, 6.45) is 0.677. The second kappa shape index (κ2) is 10.2. The van der Waals surface area contributed by atoms with Gasteiger partial charge >= 0.3 is 6.09 Å². The van der Waals surface area contributed by atoms with Crippen molar-refractivity contribution in [3.8, 4) is 11.5 Å². The number of carbonyl (C=O) groups is 1. The van der Waals surface area contributed by atoms with Crippen LogP contribution in [0.3, 0.4) is 0 Å². The zero-order chi connectivity index (χ0) is 20.6. The Balaban J connectivity index is 1.29. The van der Waals surface area contributed by atoms with Gasteiger partial charge in [0.2, 0.25) is 0 Å². The van der Waals surface area contributed by atoms with Crippen molar-refractivity contribution in [2.45, 2.75) is 18.3 Å². The van der Waals surface area contributed by atoms with E-state index < -0.39 is 0 Å². The number of carbonyl (C=O) groups excluding carboxylic acids is 1. The highest BCUT2D eigenvalue weighted by molar-refractivity contribution is 7.99. The van der Waals surface area contributed by atoms with Gasteiger partial charge in [0.25, 0.3) is 0 Å². The van der Waals surface area contributed by atoms with E-state index in [0.29, 0.717) is 24.9 Å². The Hall–Kier alpha value is -2.92. The van der Waals surface area contributed by atoms with Gasteiger partial charge in [-0.2, -0.15) is 11.8 Å². The maximum atomic E-state index is 12.5. The summed E-state index contributed by atoms with van der Waals surface area (Å²) in [6.45, 7) is 1.73. The molecule has 154 valence electrons. The summed E-state index contributed by atoms with van der Waals surface area (Å²) >= 11 is 1.89. The van der Waals surface area contributed by atoms with Gasteiger partial charge in [-0.3, -0.25) is 0 Å². The number of rotatable bonds is 5. The normalized spacial score (nSPS) is 16.5. The van der Waals surface area contributed by atoms with E-state index in [0.717, 1.165) is 29.2 Å². The van der Waals surface area contributed by atoms with Crippen LogP contribution in [0.5, 0.6) is 11.5 Å². The zero-order valence-corrected chi connectivity index (χ0v) is 17.6. The number of thioether (sulfide) groups is 1. The molecule has 4 nitrogen and oxygen atoms in total. The van der Waals surface area contributed by atoms with Gasteiger partial charge in [0, 0.05) is 24.1 Å². The van der Waals surface area contributed by atoms with Gasteiger partial charge in [-0.15, -0.1) is 0 Å². The summed E-state index contributed by atoms with van der Waals surface area (Å²) in [7, 11) is 0. The largest absolute Gasteiger partial charge is 0.457 e. The Bertz CT molecular complexity index is 932. The number of amides is 1. The van der Waals surface area contributed by atoms with Crippen LogP contribution in [0.15, 0.2) is 84.9 Å². The predicted molar refractivity (Wildman–Crippen MR) is 121 cm³/mol. The van der Waals surface area contributed by atoms with Crippen LogP contribution in [0.25, 0.3) is 0 Å². The highest BCUT2D eigenvalue weighted by atomic mass is 32.2. The van der Waals surface area contributed by atoms with Crippen molar-refractivity contribution in [3.63, 3.8) is 0 Å². The highest BCUT2D eigenvalue weighted by Gasteiger charge is 2.23. The van der Waals surface area contributed by atoms with Crippen LogP contribution < -0.4 is 4.74 Å². The average Bonchev–Trinajstić information content (AvgIpc) is 3.06. The lowest BCUT2D eigenvalue weighted by atomic mass is 10.1. The van der Waals surface area contributed by atoms with Crippen LogP contribution in [0, 0.1) is 0 Å². The second-order valence-electron chi connectivity index (χ2n) is 7.16. The summed E-state index contributed by atoms with van der Waals surface area (Å²) < 4.78 is 11.4.